The lowest BCUT2D eigenvalue weighted by atomic mass is 10.2. The smallest absolute Gasteiger partial charge is 0.310 e. The molecule has 0 aliphatic carbocycles. The molecule has 0 aliphatic rings. The summed E-state index contributed by atoms with van der Waals surface area (Å²) < 4.78 is 9.63. The highest BCUT2D eigenvalue weighted by Crippen LogP contribution is 2.22. The fourth-order valence-electron chi connectivity index (χ4n) is 1.20. The van der Waals surface area contributed by atoms with E-state index in [9.17, 15) is 4.79 Å². The van der Waals surface area contributed by atoms with Crippen molar-refractivity contribution in [1.82, 2.24) is 0 Å². The second kappa shape index (κ2) is 5.12. The molecule has 14 heavy (non-hydrogen) atoms. The Kier molecular flexibility index (Phi) is 4.10. The summed E-state index contributed by atoms with van der Waals surface area (Å²) in [5, 5.41) is 0. The Balaban J connectivity index is 2.71. The molecule has 0 spiro atoms. The van der Waals surface area contributed by atoms with Gasteiger partial charge in [0.1, 0.15) is 0 Å². The van der Waals surface area contributed by atoms with Gasteiger partial charge in [-0.05, 0) is 18.6 Å². The molecular formula is C10H14O3S. The van der Waals surface area contributed by atoms with E-state index in [0.29, 0.717) is 13.0 Å². The predicted octanol–water partition coefficient (Wildman–Crippen LogP) is 1.92. The van der Waals surface area contributed by atoms with E-state index < -0.39 is 0 Å². The quantitative estimate of drug-likeness (QED) is 0.718. The predicted molar refractivity (Wildman–Crippen MR) is 55.5 cm³/mol. The summed E-state index contributed by atoms with van der Waals surface area (Å²) in [6, 6.07) is 2.00. The van der Waals surface area contributed by atoms with Crippen molar-refractivity contribution in [2.24, 2.45) is 0 Å². The minimum Gasteiger partial charge on any atom is -0.469 e. The number of methoxy groups -OCH3 is 2. The normalized spacial score (nSPS) is 10.2. The van der Waals surface area contributed by atoms with Crippen LogP contribution < -0.4 is 0 Å². The molecule has 4 heteroatoms. The molecule has 0 saturated heterocycles. The third-order valence-corrected chi connectivity index (χ3v) is 2.99. The summed E-state index contributed by atoms with van der Waals surface area (Å²) in [7, 11) is 3.06. The van der Waals surface area contributed by atoms with Gasteiger partial charge in [0.05, 0.1) is 20.1 Å². The minimum absolute atomic E-state index is 0.199. The van der Waals surface area contributed by atoms with Crippen molar-refractivity contribution in [2.75, 3.05) is 14.2 Å². The van der Waals surface area contributed by atoms with Crippen LogP contribution in [0.1, 0.15) is 15.3 Å². The van der Waals surface area contributed by atoms with E-state index in [0.717, 1.165) is 15.3 Å². The first kappa shape index (κ1) is 11.2. The van der Waals surface area contributed by atoms with Crippen LogP contribution in [-0.2, 0) is 27.3 Å². The Morgan fingerprint density at radius 2 is 2.21 bits per heavy atom. The fourth-order valence-corrected chi connectivity index (χ4v) is 2.24. The second-order valence-corrected chi connectivity index (χ2v) is 4.32. The molecule has 0 atom stereocenters. The number of aryl methyl sites for hydroxylation is 1. The maximum atomic E-state index is 11.1. The summed E-state index contributed by atoms with van der Waals surface area (Å²) in [5.41, 5.74) is 1.04. The third-order valence-electron chi connectivity index (χ3n) is 1.92. The van der Waals surface area contributed by atoms with Crippen LogP contribution in [0.5, 0.6) is 0 Å². The first-order chi connectivity index (χ1) is 6.67. The van der Waals surface area contributed by atoms with Crippen LogP contribution >= 0.6 is 11.3 Å². The molecule has 0 unspecified atom stereocenters. The maximum Gasteiger partial charge on any atom is 0.310 e. The molecule has 0 saturated carbocycles. The van der Waals surface area contributed by atoms with Gasteiger partial charge in [0, 0.05) is 16.9 Å². The van der Waals surface area contributed by atoms with Crippen molar-refractivity contribution < 1.29 is 14.3 Å². The summed E-state index contributed by atoms with van der Waals surface area (Å²) in [6.07, 6.45) is 0.350. The molecule has 1 rings (SSSR count). The first-order valence-corrected chi connectivity index (χ1v) is 5.13. The van der Waals surface area contributed by atoms with Gasteiger partial charge in [-0.1, -0.05) is 0 Å². The van der Waals surface area contributed by atoms with E-state index >= 15 is 0 Å². The number of hydrogen-bond donors (Lipinski definition) is 0. The highest BCUT2D eigenvalue weighted by molar-refractivity contribution is 7.12. The molecule has 0 aromatic carbocycles. The molecule has 0 N–H and O–H groups in total. The van der Waals surface area contributed by atoms with Crippen LogP contribution in [0.2, 0.25) is 0 Å². The Bertz CT molecular complexity index is 317. The molecular weight excluding hydrogens is 200 g/mol. The van der Waals surface area contributed by atoms with Gasteiger partial charge >= 0.3 is 5.97 Å². The van der Waals surface area contributed by atoms with E-state index in [-0.39, 0.29) is 5.97 Å². The lowest BCUT2D eigenvalue weighted by Crippen LogP contribution is -2.04. The summed E-state index contributed by atoms with van der Waals surface area (Å²) in [6.45, 7) is 2.61. The van der Waals surface area contributed by atoms with Gasteiger partial charge < -0.3 is 9.47 Å². The van der Waals surface area contributed by atoms with Gasteiger partial charge in [-0.3, -0.25) is 4.79 Å². The van der Waals surface area contributed by atoms with Gasteiger partial charge in [0.15, 0.2) is 0 Å². The molecule has 0 amide bonds. The molecule has 0 fully saturated rings. The Morgan fingerprint density at radius 1 is 1.50 bits per heavy atom. The van der Waals surface area contributed by atoms with Crippen molar-refractivity contribution in [3.63, 3.8) is 0 Å². The molecule has 1 aromatic rings. The zero-order valence-corrected chi connectivity index (χ0v) is 9.44. The SMILES string of the molecule is COCc1cc(CC(=O)OC)c(C)s1. The highest BCUT2D eigenvalue weighted by Gasteiger charge is 2.09. The molecule has 1 aromatic heterocycles. The van der Waals surface area contributed by atoms with Crippen molar-refractivity contribution in [3.05, 3.63) is 21.4 Å². The number of hydrogen-bond acceptors (Lipinski definition) is 4. The van der Waals surface area contributed by atoms with Crippen molar-refractivity contribution >= 4 is 17.3 Å². The van der Waals surface area contributed by atoms with Crippen molar-refractivity contribution in [1.29, 1.82) is 0 Å². The Labute approximate surface area is 87.7 Å². The summed E-state index contributed by atoms with van der Waals surface area (Å²) in [5.74, 6) is -0.199. The van der Waals surface area contributed by atoms with Crippen LogP contribution in [0.15, 0.2) is 6.07 Å². The average molecular weight is 214 g/mol. The van der Waals surface area contributed by atoms with Gasteiger partial charge in [-0.15, -0.1) is 11.3 Å². The summed E-state index contributed by atoms with van der Waals surface area (Å²) in [4.78, 5) is 13.3. The van der Waals surface area contributed by atoms with Crippen LogP contribution in [0.3, 0.4) is 0 Å². The molecule has 78 valence electrons. The van der Waals surface area contributed by atoms with E-state index in [2.05, 4.69) is 4.74 Å². The van der Waals surface area contributed by atoms with Gasteiger partial charge in [-0.2, -0.15) is 0 Å². The van der Waals surface area contributed by atoms with Gasteiger partial charge in [-0.25, -0.2) is 0 Å². The zero-order chi connectivity index (χ0) is 10.6. The largest absolute Gasteiger partial charge is 0.469 e. The lowest BCUT2D eigenvalue weighted by Gasteiger charge is -1.97. The lowest BCUT2D eigenvalue weighted by molar-refractivity contribution is -0.139. The van der Waals surface area contributed by atoms with Crippen LogP contribution in [0, 0.1) is 6.92 Å². The number of thiophene rings is 1. The number of ether oxygens (including phenoxy) is 2. The van der Waals surface area contributed by atoms with E-state index in [1.54, 1.807) is 18.4 Å². The van der Waals surface area contributed by atoms with Crippen LogP contribution in [0.25, 0.3) is 0 Å². The third kappa shape index (κ3) is 2.82. The standard InChI is InChI=1S/C10H14O3S/c1-7-8(5-10(11)13-3)4-9(14-7)6-12-2/h4H,5-6H2,1-3H3. The van der Waals surface area contributed by atoms with Crippen molar-refractivity contribution in [3.8, 4) is 0 Å². The molecule has 3 nitrogen and oxygen atoms in total. The molecule has 0 aliphatic heterocycles. The van der Waals surface area contributed by atoms with Crippen molar-refractivity contribution in [2.45, 2.75) is 20.0 Å². The molecule has 0 radical (unpaired) electrons. The van der Waals surface area contributed by atoms with Gasteiger partial charge in [0.25, 0.3) is 0 Å². The Morgan fingerprint density at radius 3 is 2.79 bits per heavy atom. The topological polar surface area (TPSA) is 35.5 Å². The van der Waals surface area contributed by atoms with E-state index in [4.69, 9.17) is 4.74 Å². The fraction of sp³-hybridized carbons (Fsp3) is 0.500. The maximum absolute atomic E-state index is 11.1. The minimum atomic E-state index is -0.199. The number of esters is 1. The number of rotatable bonds is 4. The Hall–Kier alpha value is -0.870. The number of carbonyl (C=O) groups is 1. The van der Waals surface area contributed by atoms with Crippen LogP contribution in [-0.4, -0.2) is 20.2 Å². The highest BCUT2D eigenvalue weighted by atomic mass is 32.1. The molecule has 1 heterocycles. The summed E-state index contributed by atoms with van der Waals surface area (Å²) >= 11 is 1.66. The van der Waals surface area contributed by atoms with E-state index in [1.165, 1.54) is 7.11 Å². The first-order valence-electron chi connectivity index (χ1n) is 4.31. The second-order valence-electron chi connectivity index (χ2n) is 2.98. The number of carbonyl (C=O) groups excluding carboxylic acids is 1. The molecule has 0 bridgehead atoms. The van der Waals surface area contributed by atoms with Crippen LogP contribution in [0.4, 0.5) is 0 Å². The van der Waals surface area contributed by atoms with E-state index in [1.807, 2.05) is 13.0 Å². The monoisotopic (exact) mass is 214 g/mol. The average Bonchev–Trinajstić information content (AvgIpc) is 2.47. The zero-order valence-electron chi connectivity index (χ0n) is 8.62. The van der Waals surface area contributed by atoms with Gasteiger partial charge in [0.2, 0.25) is 0 Å².